The summed E-state index contributed by atoms with van der Waals surface area (Å²) in [6.07, 6.45) is 1.51. The van der Waals surface area contributed by atoms with E-state index in [4.69, 9.17) is 28.4 Å². The highest BCUT2D eigenvalue weighted by Crippen LogP contribution is 2.41. The van der Waals surface area contributed by atoms with Gasteiger partial charge in [0.25, 0.3) is 0 Å². The molecule has 4 heterocycles. The number of ether oxygens (including phenoxy) is 6. The first-order valence-electron chi connectivity index (χ1n) is 21.7. The van der Waals surface area contributed by atoms with Crippen LogP contribution in [-0.4, -0.2) is 132 Å². The SMILES string of the molecule is COc1cccc(-c2nnc(CS(=O)(=O)[C@@H](C)[C@H](O)C3CC3)n2-c2c(OC)cccc2OC)n1.COc1cccc(-c2nnc(CS(=O)(=O)[C@H](C)[C@@H](O)C3CC3)n2-c2c(OC)cccc2OC)n1. The minimum absolute atomic E-state index is 0.0218. The monoisotopic (exact) mass is 976 g/mol. The van der Waals surface area contributed by atoms with Gasteiger partial charge in [0.1, 0.15) is 57.3 Å². The molecule has 2 saturated carbocycles. The first-order valence-corrected chi connectivity index (χ1v) is 25.2. The molecule has 4 aromatic heterocycles. The van der Waals surface area contributed by atoms with E-state index in [0.29, 0.717) is 69.2 Å². The predicted octanol–water partition coefficient (Wildman–Crippen LogP) is 4.86. The smallest absolute Gasteiger partial charge is 0.213 e. The third-order valence-corrected chi connectivity index (χ3v) is 16.1. The molecule has 2 aromatic carbocycles. The number of rotatable bonds is 20. The molecule has 0 bridgehead atoms. The maximum absolute atomic E-state index is 13.3. The molecule has 2 N–H and O–H groups in total. The number of para-hydroxylation sites is 2. The van der Waals surface area contributed by atoms with Gasteiger partial charge in [-0.15, -0.1) is 20.4 Å². The Kier molecular flexibility index (Phi) is 15.2. The van der Waals surface area contributed by atoms with Crippen LogP contribution in [0.15, 0.2) is 72.8 Å². The lowest BCUT2D eigenvalue weighted by atomic mass is 10.2. The van der Waals surface area contributed by atoms with E-state index in [2.05, 4.69) is 30.4 Å². The van der Waals surface area contributed by atoms with Crippen LogP contribution in [-0.2, 0) is 31.2 Å². The lowest BCUT2D eigenvalue weighted by molar-refractivity contribution is 0.149. The predicted molar refractivity (Wildman–Crippen MR) is 250 cm³/mol. The maximum Gasteiger partial charge on any atom is 0.213 e. The number of methoxy groups -OCH3 is 6. The lowest BCUT2D eigenvalue weighted by Gasteiger charge is -2.20. The summed E-state index contributed by atoms with van der Waals surface area (Å²) in [7, 11) is 1.51. The van der Waals surface area contributed by atoms with E-state index in [1.807, 2.05) is 0 Å². The molecule has 6 aromatic rings. The van der Waals surface area contributed by atoms with Gasteiger partial charge in [-0.05, 0) is 87.8 Å². The van der Waals surface area contributed by atoms with Crippen molar-refractivity contribution < 1.29 is 55.5 Å². The summed E-state index contributed by atoms with van der Waals surface area (Å²) in [4.78, 5) is 8.89. The van der Waals surface area contributed by atoms with E-state index in [-0.39, 0.29) is 23.5 Å². The van der Waals surface area contributed by atoms with Gasteiger partial charge in [-0.3, -0.25) is 9.13 Å². The van der Waals surface area contributed by atoms with Gasteiger partial charge >= 0.3 is 0 Å². The third-order valence-electron chi connectivity index (χ3n) is 12.0. The Hall–Kier alpha value is -6.36. The van der Waals surface area contributed by atoms with Gasteiger partial charge in [-0.25, -0.2) is 26.8 Å². The summed E-state index contributed by atoms with van der Waals surface area (Å²) in [6.45, 7) is 3.07. The molecule has 0 saturated heterocycles. The average molecular weight is 977 g/mol. The van der Waals surface area contributed by atoms with Crippen molar-refractivity contribution >= 4 is 19.7 Å². The van der Waals surface area contributed by atoms with E-state index in [1.165, 1.54) is 56.5 Å². The number of pyridine rings is 2. The molecule has 0 amide bonds. The standard InChI is InChI=1S/2C23H28N4O6S/c2*1-14(22(28)15-11-12-15)34(29,30)13-19-25-26-23(16-7-5-10-20(24-16)33-4)27(19)21-17(31-2)8-6-9-18(21)32-3/h2*5-10,14-15,22,28H,11-13H2,1-4H3/t2*14-,22-/m10/s1. The number of hydrogen-bond acceptors (Lipinski definition) is 18. The summed E-state index contributed by atoms with van der Waals surface area (Å²) in [5, 5.41) is 36.1. The quantitative estimate of drug-likeness (QED) is 0.104. The Bertz CT molecular complexity index is 2700. The second kappa shape index (κ2) is 20.9. The molecule has 68 heavy (non-hydrogen) atoms. The second-order valence-corrected chi connectivity index (χ2v) is 21.1. The van der Waals surface area contributed by atoms with Gasteiger partial charge in [-0.2, -0.15) is 0 Å². The van der Waals surface area contributed by atoms with Gasteiger partial charge in [0.05, 0.1) is 65.4 Å². The van der Waals surface area contributed by atoms with Crippen molar-refractivity contribution in [3.63, 3.8) is 0 Å². The summed E-state index contributed by atoms with van der Waals surface area (Å²) in [5.41, 5.74) is 1.74. The Balaban J connectivity index is 0.000000201. The first kappa shape index (κ1) is 49.5. The third kappa shape index (κ3) is 10.5. The molecule has 0 aliphatic heterocycles. The van der Waals surface area contributed by atoms with E-state index in [1.54, 1.807) is 81.9 Å². The van der Waals surface area contributed by atoms with E-state index >= 15 is 0 Å². The number of aliphatic hydroxyl groups excluding tert-OH is 2. The van der Waals surface area contributed by atoms with Crippen LogP contribution in [0.5, 0.6) is 34.8 Å². The molecule has 0 spiro atoms. The molecule has 20 nitrogen and oxygen atoms in total. The minimum atomic E-state index is -3.77. The molecule has 364 valence electrons. The molecular formula is C46H56N8O12S2. The van der Waals surface area contributed by atoms with E-state index in [0.717, 1.165) is 25.7 Å². The summed E-state index contributed by atoms with van der Waals surface area (Å²) < 4.78 is 89.0. The fourth-order valence-electron chi connectivity index (χ4n) is 7.72. The van der Waals surface area contributed by atoms with Crippen LogP contribution in [0.25, 0.3) is 34.4 Å². The molecule has 22 heteroatoms. The molecule has 8 rings (SSSR count). The summed E-state index contributed by atoms with van der Waals surface area (Å²) >= 11 is 0. The fourth-order valence-corrected chi connectivity index (χ4v) is 10.6. The van der Waals surface area contributed by atoms with Crippen molar-refractivity contribution in [2.45, 2.75) is 73.7 Å². The Labute approximate surface area is 395 Å². The van der Waals surface area contributed by atoms with Crippen molar-refractivity contribution in [2.75, 3.05) is 42.7 Å². The van der Waals surface area contributed by atoms with E-state index in [9.17, 15) is 27.0 Å². The van der Waals surface area contributed by atoms with Crippen LogP contribution in [0.4, 0.5) is 0 Å². The number of aromatic nitrogens is 8. The molecule has 0 radical (unpaired) electrons. The van der Waals surface area contributed by atoms with Crippen LogP contribution in [0, 0.1) is 11.8 Å². The van der Waals surface area contributed by atoms with Crippen LogP contribution in [0.2, 0.25) is 0 Å². The highest BCUT2D eigenvalue weighted by atomic mass is 32.2. The largest absolute Gasteiger partial charge is 0.494 e. The van der Waals surface area contributed by atoms with E-state index < -0.39 is 53.9 Å². The Morgan fingerprint density at radius 2 is 0.838 bits per heavy atom. The van der Waals surface area contributed by atoms with Crippen molar-refractivity contribution in [2.24, 2.45) is 11.8 Å². The van der Waals surface area contributed by atoms with Gasteiger partial charge in [0.15, 0.2) is 43.0 Å². The number of hydrogen-bond donors (Lipinski definition) is 2. The van der Waals surface area contributed by atoms with Crippen molar-refractivity contribution in [1.29, 1.82) is 0 Å². The zero-order chi connectivity index (χ0) is 48.9. The Morgan fingerprint density at radius 3 is 1.13 bits per heavy atom. The van der Waals surface area contributed by atoms with Crippen LogP contribution in [0.1, 0.15) is 51.2 Å². The second-order valence-electron chi connectivity index (χ2n) is 16.4. The number of nitrogens with zero attached hydrogens (tertiary/aromatic N) is 8. The number of benzene rings is 2. The van der Waals surface area contributed by atoms with Crippen LogP contribution >= 0.6 is 0 Å². The van der Waals surface area contributed by atoms with Crippen molar-refractivity contribution in [3.05, 3.63) is 84.4 Å². The van der Waals surface area contributed by atoms with Crippen molar-refractivity contribution in [3.8, 4) is 69.2 Å². The van der Waals surface area contributed by atoms with Gasteiger partial charge in [-0.1, -0.05) is 24.3 Å². The molecule has 2 aliphatic rings. The molecule has 4 atom stereocenters. The average Bonchev–Trinajstić information content (AvgIpc) is 4.31. The highest BCUT2D eigenvalue weighted by molar-refractivity contribution is 7.91. The minimum Gasteiger partial charge on any atom is -0.494 e. The summed E-state index contributed by atoms with van der Waals surface area (Å²) in [5.74, 6) is 2.55. The first-order chi connectivity index (χ1) is 32.6. The zero-order valence-corrected chi connectivity index (χ0v) is 40.6. The molecular weight excluding hydrogens is 921 g/mol. The number of aliphatic hydroxyl groups is 2. The van der Waals surface area contributed by atoms with Gasteiger partial charge in [0, 0.05) is 12.1 Å². The highest BCUT2D eigenvalue weighted by Gasteiger charge is 2.41. The van der Waals surface area contributed by atoms with Crippen LogP contribution < -0.4 is 28.4 Å². The molecule has 2 aliphatic carbocycles. The van der Waals surface area contributed by atoms with Gasteiger partial charge < -0.3 is 38.6 Å². The maximum atomic E-state index is 13.3. The molecule has 0 unspecified atom stereocenters. The molecule has 2 fully saturated rings. The zero-order valence-electron chi connectivity index (χ0n) is 39.0. The van der Waals surface area contributed by atoms with Crippen LogP contribution in [0.3, 0.4) is 0 Å². The Morgan fingerprint density at radius 1 is 0.515 bits per heavy atom. The van der Waals surface area contributed by atoms with Gasteiger partial charge in [0.2, 0.25) is 11.8 Å². The lowest BCUT2D eigenvalue weighted by Crippen LogP contribution is -2.34. The number of sulfone groups is 2. The normalized spacial score (nSPS) is 15.6. The topological polar surface area (TPSA) is 251 Å². The fraction of sp³-hybridized carbons (Fsp3) is 0.435. The van der Waals surface area contributed by atoms with Crippen molar-refractivity contribution in [1.82, 2.24) is 39.5 Å². The summed E-state index contributed by atoms with van der Waals surface area (Å²) in [6, 6.07) is 20.8.